The van der Waals surface area contributed by atoms with E-state index in [1.165, 1.54) is 18.2 Å². The van der Waals surface area contributed by atoms with Crippen LogP contribution in [0.4, 0.5) is 0 Å². The van der Waals surface area contributed by atoms with Crippen LogP contribution in [-0.2, 0) is 16.7 Å². The monoisotopic (exact) mass is 411 g/mol. The Kier molecular flexibility index (Phi) is 6.64. The number of benzene rings is 3. The van der Waals surface area contributed by atoms with Gasteiger partial charge in [-0.2, -0.15) is 8.42 Å². The summed E-state index contributed by atoms with van der Waals surface area (Å²) in [5, 5.41) is 3.06. The molecular weight excluding hydrogens is 390 g/mol. The zero-order valence-corrected chi connectivity index (χ0v) is 16.7. The Bertz CT molecular complexity index is 1060. The number of nitrogens with one attached hydrogen (secondary N) is 1. The number of hydrogen-bond donors (Lipinski definition) is 1. The molecule has 0 aromatic heterocycles. The predicted octanol–water partition coefficient (Wildman–Crippen LogP) is 3.44. The van der Waals surface area contributed by atoms with Gasteiger partial charge in [0.2, 0.25) is 0 Å². The van der Waals surface area contributed by atoms with E-state index in [4.69, 9.17) is 8.92 Å². The summed E-state index contributed by atoms with van der Waals surface area (Å²) in [6.45, 7) is 0.527. The summed E-state index contributed by atoms with van der Waals surface area (Å²) in [4.78, 5) is 12.6. The summed E-state index contributed by atoms with van der Waals surface area (Å²) in [7, 11) is -2.42. The van der Waals surface area contributed by atoms with Crippen LogP contribution in [0.5, 0.6) is 11.5 Å². The van der Waals surface area contributed by atoms with Gasteiger partial charge in [-0.15, -0.1) is 0 Å². The van der Waals surface area contributed by atoms with E-state index in [1.807, 2.05) is 24.3 Å². The molecule has 0 radical (unpaired) electrons. The van der Waals surface area contributed by atoms with Crippen LogP contribution < -0.4 is 14.2 Å². The Morgan fingerprint density at radius 2 is 1.55 bits per heavy atom. The Morgan fingerprint density at radius 3 is 2.24 bits per heavy atom. The molecule has 3 aromatic carbocycles. The third-order valence-corrected chi connectivity index (χ3v) is 5.44. The molecule has 0 unspecified atom stereocenters. The lowest BCUT2D eigenvalue weighted by Crippen LogP contribution is -2.23. The standard InChI is InChI=1S/C22H21NO5S/c1-27-18-13-11-17(12-14-18)15-23-16-21(24)20-9-5-6-10-22(20)28-29(25,26)19-7-3-2-4-8-19/h2-14,23H,15-16H2,1H3. The highest BCUT2D eigenvalue weighted by atomic mass is 32.2. The maximum Gasteiger partial charge on any atom is 0.339 e. The zero-order valence-electron chi connectivity index (χ0n) is 15.9. The van der Waals surface area contributed by atoms with Gasteiger partial charge in [-0.25, -0.2) is 0 Å². The van der Waals surface area contributed by atoms with Crippen molar-refractivity contribution in [3.63, 3.8) is 0 Å². The van der Waals surface area contributed by atoms with Gasteiger partial charge in [-0.3, -0.25) is 4.79 Å². The number of Topliss-reactive ketones (excluding diaryl/α,β-unsaturated/α-hetero) is 1. The van der Waals surface area contributed by atoms with E-state index in [0.717, 1.165) is 11.3 Å². The summed E-state index contributed by atoms with van der Waals surface area (Å²) >= 11 is 0. The van der Waals surface area contributed by atoms with Gasteiger partial charge >= 0.3 is 10.1 Å². The Balaban J connectivity index is 1.67. The molecule has 0 bridgehead atoms. The predicted molar refractivity (Wildman–Crippen MR) is 110 cm³/mol. The highest BCUT2D eigenvalue weighted by molar-refractivity contribution is 7.87. The highest BCUT2D eigenvalue weighted by Gasteiger charge is 2.20. The first kappa shape index (κ1) is 20.6. The molecule has 0 spiro atoms. The molecule has 0 aliphatic rings. The first-order valence-corrected chi connectivity index (χ1v) is 10.4. The quantitative estimate of drug-likeness (QED) is 0.429. The summed E-state index contributed by atoms with van der Waals surface area (Å²) in [6, 6.07) is 21.6. The van der Waals surface area contributed by atoms with E-state index in [0.29, 0.717) is 6.54 Å². The first-order chi connectivity index (χ1) is 14.0. The minimum atomic E-state index is -4.02. The van der Waals surface area contributed by atoms with Crippen LogP contribution in [0.3, 0.4) is 0 Å². The smallest absolute Gasteiger partial charge is 0.339 e. The first-order valence-electron chi connectivity index (χ1n) is 8.95. The van der Waals surface area contributed by atoms with Gasteiger partial charge in [0.15, 0.2) is 11.5 Å². The van der Waals surface area contributed by atoms with Crippen molar-refractivity contribution in [2.24, 2.45) is 0 Å². The van der Waals surface area contributed by atoms with E-state index in [9.17, 15) is 13.2 Å². The number of carbonyl (C=O) groups is 1. The molecule has 6 nitrogen and oxygen atoms in total. The van der Waals surface area contributed by atoms with Gasteiger partial charge in [0.05, 0.1) is 19.2 Å². The van der Waals surface area contributed by atoms with E-state index in [-0.39, 0.29) is 28.5 Å². The van der Waals surface area contributed by atoms with Crippen molar-refractivity contribution in [3.8, 4) is 11.5 Å². The summed E-state index contributed by atoms with van der Waals surface area (Å²) in [6.07, 6.45) is 0. The van der Waals surface area contributed by atoms with Crippen LogP contribution in [0.1, 0.15) is 15.9 Å². The minimum absolute atomic E-state index is 0.00704. The average Bonchev–Trinajstić information content (AvgIpc) is 2.75. The number of methoxy groups -OCH3 is 1. The molecule has 0 saturated heterocycles. The van der Waals surface area contributed by atoms with Crippen molar-refractivity contribution in [3.05, 3.63) is 90.0 Å². The van der Waals surface area contributed by atoms with Crippen LogP contribution in [-0.4, -0.2) is 27.9 Å². The third-order valence-electron chi connectivity index (χ3n) is 4.19. The number of hydrogen-bond acceptors (Lipinski definition) is 6. The Morgan fingerprint density at radius 1 is 0.897 bits per heavy atom. The van der Waals surface area contributed by atoms with Crippen molar-refractivity contribution in [1.29, 1.82) is 0 Å². The van der Waals surface area contributed by atoms with Gasteiger partial charge in [0.25, 0.3) is 0 Å². The largest absolute Gasteiger partial charge is 0.497 e. The molecule has 3 rings (SSSR count). The second-order valence-corrected chi connectivity index (χ2v) is 7.77. The second-order valence-electron chi connectivity index (χ2n) is 6.22. The van der Waals surface area contributed by atoms with Crippen molar-refractivity contribution < 1.29 is 22.1 Å². The van der Waals surface area contributed by atoms with Gasteiger partial charge in [0.1, 0.15) is 10.6 Å². The van der Waals surface area contributed by atoms with Crippen LogP contribution in [0.2, 0.25) is 0 Å². The van der Waals surface area contributed by atoms with E-state index < -0.39 is 10.1 Å². The highest BCUT2D eigenvalue weighted by Crippen LogP contribution is 2.23. The van der Waals surface area contributed by atoms with E-state index in [2.05, 4.69) is 5.32 Å². The fraction of sp³-hybridized carbons (Fsp3) is 0.136. The fourth-order valence-electron chi connectivity index (χ4n) is 2.68. The van der Waals surface area contributed by atoms with E-state index >= 15 is 0 Å². The number of rotatable bonds is 9. The van der Waals surface area contributed by atoms with Crippen molar-refractivity contribution in [2.45, 2.75) is 11.4 Å². The fourth-order valence-corrected chi connectivity index (χ4v) is 3.65. The molecule has 29 heavy (non-hydrogen) atoms. The topological polar surface area (TPSA) is 81.7 Å². The molecule has 150 valence electrons. The average molecular weight is 411 g/mol. The van der Waals surface area contributed by atoms with Crippen molar-refractivity contribution in [1.82, 2.24) is 5.32 Å². The molecule has 3 aromatic rings. The van der Waals surface area contributed by atoms with Crippen molar-refractivity contribution in [2.75, 3.05) is 13.7 Å². The van der Waals surface area contributed by atoms with Crippen molar-refractivity contribution >= 4 is 15.9 Å². The molecule has 0 saturated carbocycles. The lowest BCUT2D eigenvalue weighted by molar-refractivity contribution is 0.0989. The Labute approximate surface area is 170 Å². The lowest BCUT2D eigenvalue weighted by atomic mass is 10.1. The van der Waals surface area contributed by atoms with Crippen LogP contribution in [0, 0.1) is 0 Å². The summed E-state index contributed by atoms with van der Waals surface area (Å²) in [5.74, 6) is 0.500. The molecule has 0 amide bonds. The number of para-hydroxylation sites is 1. The summed E-state index contributed by atoms with van der Waals surface area (Å²) < 4.78 is 35.3. The molecule has 0 aliphatic carbocycles. The van der Waals surface area contributed by atoms with Gasteiger partial charge in [-0.05, 0) is 42.0 Å². The molecular formula is C22H21NO5S. The maximum atomic E-state index is 12.6. The SMILES string of the molecule is COc1ccc(CNCC(=O)c2ccccc2OS(=O)(=O)c2ccccc2)cc1. The molecule has 0 heterocycles. The van der Waals surface area contributed by atoms with Gasteiger partial charge in [-0.1, -0.05) is 42.5 Å². The van der Waals surface area contributed by atoms with Crippen LogP contribution in [0.15, 0.2) is 83.8 Å². The molecule has 0 aliphatic heterocycles. The lowest BCUT2D eigenvalue weighted by Gasteiger charge is -2.11. The molecule has 0 atom stereocenters. The number of carbonyl (C=O) groups excluding carboxylic acids is 1. The van der Waals surface area contributed by atoms with Crippen LogP contribution >= 0.6 is 0 Å². The molecule has 1 N–H and O–H groups in total. The molecule has 7 heteroatoms. The second kappa shape index (κ2) is 9.36. The minimum Gasteiger partial charge on any atom is -0.497 e. The number of ketones is 1. The van der Waals surface area contributed by atoms with Gasteiger partial charge < -0.3 is 14.2 Å². The Hall–Kier alpha value is -3.16. The number of ether oxygens (including phenoxy) is 1. The van der Waals surface area contributed by atoms with E-state index in [1.54, 1.807) is 43.5 Å². The molecule has 0 fully saturated rings. The normalized spacial score (nSPS) is 11.1. The van der Waals surface area contributed by atoms with Gasteiger partial charge in [0, 0.05) is 6.54 Å². The third kappa shape index (κ3) is 5.43. The zero-order chi connectivity index (χ0) is 20.7. The van der Waals surface area contributed by atoms with Crippen LogP contribution in [0.25, 0.3) is 0 Å². The summed E-state index contributed by atoms with van der Waals surface area (Å²) in [5.41, 5.74) is 1.20. The maximum absolute atomic E-state index is 12.6.